The molecule has 0 bridgehead atoms. The first-order valence-electron chi connectivity index (χ1n) is 6.96. The van der Waals surface area contributed by atoms with E-state index in [1.807, 2.05) is 11.4 Å². The van der Waals surface area contributed by atoms with Crippen LogP contribution < -0.4 is 5.32 Å². The topological polar surface area (TPSA) is 49.4 Å². The molecule has 1 aromatic carbocycles. The van der Waals surface area contributed by atoms with Crippen molar-refractivity contribution < 1.29 is 9.59 Å². The van der Waals surface area contributed by atoms with Crippen molar-refractivity contribution >= 4 is 46.4 Å². The Morgan fingerprint density at radius 3 is 2.74 bits per heavy atom. The summed E-state index contributed by atoms with van der Waals surface area (Å²) < 4.78 is 0. The Labute approximate surface area is 149 Å². The van der Waals surface area contributed by atoms with E-state index in [4.69, 9.17) is 23.2 Å². The smallest absolute Gasteiger partial charge is 0.252 e. The van der Waals surface area contributed by atoms with Gasteiger partial charge in [0.25, 0.3) is 5.91 Å². The molecule has 23 heavy (non-hydrogen) atoms. The van der Waals surface area contributed by atoms with Crippen LogP contribution in [-0.4, -0.2) is 30.3 Å². The van der Waals surface area contributed by atoms with Gasteiger partial charge in [-0.25, -0.2) is 0 Å². The number of halogens is 2. The number of nitrogens with zero attached hydrogens (tertiary/aromatic N) is 1. The van der Waals surface area contributed by atoms with Gasteiger partial charge in [0.15, 0.2) is 0 Å². The first-order chi connectivity index (χ1) is 11.0. The predicted octanol–water partition coefficient (Wildman–Crippen LogP) is 3.83. The summed E-state index contributed by atoms with van der Waals surface area (Å²) in [5.41, 5.74) is 1.40. The van der Waals surface area contributed by atoms with E-state index >= 15 is 0 Å². The molecule has 0 aliphatic rings. The number of hydrogen-bond donors (Lipinski definition) is 1. The highest BCUT2D eigenvalue weighted by molar-refractivity contribution is 7.08. The van der Waals surface area contributed by atoms with Crippen molar-refractivity contribution in [1.29, 1.82) is 0 Å². The van der Waals surface area contributed by atoms with Gasteiger partial charge in [-0.05, 0) is 23.1 Å². The molecule has 2 aromatic rings. The second-order valence-corrected chi connectivity index (χ2v) is 6.55. The van der Waals surface area contributed by atoms with E-state index in [2.05, 4.69) is 5.32 Å². The van der Waals surface area contributed by atoms with Crippen LogP contribution in [0.3, 0.4) is 0 Å². The largest absolute Gasteiger partial charge is 0.351 e. The first kappa shape index (κ1) is 17.8. The van der Waals surface area contributed by atoms with Crippen LogP contribution in [0.4, 0.5) is 0 Å². The van der Waals surface area contributed by atoms with Crippen LogP contribution in [0.25, 0.3) is 0 Å². The van der Waals surface area contributed by atoms with E-state index in [1.54, 1.807) is 35.5 Å². The number of nitrogens with one attached hydrogen (secondary N) is 1. The summed E-state index contributed by atoms with van der Waals surface area (Å²) in [7, 11) is 1.69. The number of amides is 2. The zero-order valence-electron chi connectivity index (χ0n) is 12.5. The van der Waals surface area contributed by atoms with E-state index < -0.39 is 0 Å². The summed E-state index contributed by atoms with van der Waals surface area (Å²) in [4.78, 5) is 25.4. The van der Waals surface area contributed by atoms with Gasteiger partial charge in [0.1, 0.15) is 0 Å². The maximum Gasteiger partial charge on any atom is 0.252 e. The van der Waals surface area contributed by atoms with Gasteiger partial charge >= 0.3 is 0 Å². The minimum Gasteiger partial charge on any atom is -0.351 e. The predicted molar refractivity (Wildman–Crippen MR) is 94.2 cm³/mol. The molecule has 7 heteroatoms. The zero-order chi connectivity index (χ0) is 16.8. The molecule has 1 N–H and O–H groups in total. The molecule has 2 amide bonds. The molecule has 0 aliphatic carbocycles. The number of benzene rings is 1. The summed E-state index contributed by atoms with van der Waals surface area (Å²) in [6, 6.07) is 7.07. The molecule has 0 unspecified atom stereocenters. The summed E-state index contributed by atoms with van der Waals surface area (Å²) in [5, 5.41) is 7.26. The van der Waals surface area contributed by atoms with Gasteiger partial charge in [-0.1, -0.05) is 35.3 Å². The van der Waals surface area contributed by atoms with Crippen molar-refractivity contribution in [2.45, 2.75) is 13.0 Å². The number of rotatable bonds is 6. The Hall–Kier alpha value is -1.56. The molecule has 0 saturated carbocycles. The summed E-state index contributed by atoms with van der Waals surface area (Å²) in [5.74, 6) is -0.244. The number of thiophene rings is 1. The standard InChI is InChI=1S/C16H16Cl2N2O2S/c1-20(9-11-3-2-4-13(17)15(11)18)14(21)5-7-19-16(22)12-6-8-23-10-12/h2-4,6,8,10H,5,7,9H2,1H3,(H,19,22). The number of carbonyl (C=O) groups excluding carboxylic acids is 2. The van der Waals surface area contributed by atoms with Gasteiger partial charge in [-0.15, -0.1) is 0 Å². The van der Waals surface area contributed by atoms with E-state index in [0.717, 1.165) is 5.56 Å². The Morgan fingerprint density at radius 1 is 1.26 bits per heavy atom. The van der Waals surface area contributed by atoms with E-state index in [-0.39, 0.29) is 18.2 Å². The Balaban J connectivity index is 1.81. The Morgan fingerprint density at radius 2 is 2.04 bits per heavy atom. The summed E-state index contributed by atoms with van der Waals surface area (Å²) in [6.07, 6.45) is 0.227. The van der Waals surface area contributed by atoms with E-state index in [9.17, 15) is 9.59 Å². The van der Waals surface area contributed by atoms with Crippen molar-refractivity contribution in [2.24, 2.45) is 0 Å². The van der Waals surface area contributed by atoms with Crippen molar-refractivity contribution in [3.8, 4) is 0 Å². The van der Waals surface area contributed by atoms with Crippen LogP contribution in [0.2, 0.25) is 10.0 Å². The fourth-order valence-electron chi connectivity index (χ4n) is 1.98. The van der Waals surface area contributed by atoms with Crippen molar-refractivity contribution in [3.05, 3.63) is 56.2 Å². The second-order valence-electron chi connectivity index (χ2n) is 4.98. The molecule has 1 aromatic heterocycles. The number of hydrogen-bond acceptors (Lipinski definition) is 3. The molecule has 0 spiro atoms. The molecule has 1 heterocycles. The van der Waals surface area contributed by atoms with Crippen LogP contribution in [0.15, 0.2) is 35.0 Å². The van der Waals surface area contributed by atoms with Crippen molar-refractivity contribution in [1.82, 2.24) is 10.2 Å². The lowest BCUT2D eigenvalue weighted by atomic mass is 10.2. The molecular weight excluding hydrogens is 355 g/mol. The van der Waals surface area contributed by atoms with Gasteiger partial charge in [0.2, 0.25) is 5.91 Å². The second kappa shape index (κ2) is 8.34. The van der Waals surface area contributed by atoms with E-state index in [1.165, 1.54) is 11.3 Å². The Bertz CT molecular complexity index is 689. The molecule has 0 radical (unpaired) electrons. The van der Waals surface area contributed by atoms with E-state index in [0.29, 0.717) is 28.7 Å². The lowest BCUT2D eigenvalue weighted by molar-refractivity contribution is -0.130. The molecule has 0 aliphatic heterocycles. The normalized spacial score (nSPS) is 10.4. The SMILES string of the molecule is CN(Cc1cccc(Cl)c1Cl)C(=O)CCNC(=O)c1ccsc1. The summed E-state index contributed by atoms with van der Waals surface area (Å²) in [6.45, 7) is 0.665. The third kappa shape index (κ3) is 4.96. The lowest BCUT2D eigenvalue weighted by Gasteiger charge is -2.18. The quantitative estimate of drug-likeness (QED) is 0.839. The minimum absolute atomic E-state index is 0.0772. The van der Waals surface area contributed by atoms with Crippen LogP contribution >= 0.6 is 34.5 Å². The minimum atomic E-state index is -0.167. The highest BCUT2D eigenvalue weighted by Crippen LogP contribution is 2.26. The van der Waals surface area contributed by atoms with Gasteiger partial charge in [-0.2, -0.15) is 11.3 Å². The fraction of sp³-hybridized carbons (Fsp3) is 0.250. The van der Waals surface area contributed by atoms with Gasteiger partial charge < -0.3 is 10.2 Å². The fourth-order valence-corrected chi connectivity index (χ4v) is 3.00. The maximum absolute atomic E-state index is 12.1. The monoisotopic (exact) mass is 370 g/mol. The maximum atomic E-state index is 12.1. The van der Waals surface area contributed by atoms with Crippen LogP contribution in [0, 0.1) is 0 Å². The molecule has 0 fully saturated rings. The Kier molecular flexibility index (Phi) is 6.45. The van der Waals surface area contributed by atoms with Crippen molar-refractivity contribution in [2.75, 3.05) is 13.6 Å². The van der Waals surface area contributed by atoms with Crippen molar-refractivity contribution in [3.63, 3.8) is 0 Å². The highest BCUT2D eigenvalue weighted by Gasteiger charge is 2.13. The molecule has 2 rings (SSSR count). The van der Waals surface area contributed by atoms with Crippen LogP contribution in [0.1, 0.15) is 22.3 Å². The molecular formula is C16H16Cl2N2O2S. The lowest BCUT2D eigenvalue weighted by Crippen LogP contribution is -2.31. The van der Waals surface area contributed by atoms with Gasteiger partial charge in [0.05, 0.1) is 10.0 Å². The zero-order valence-corrected chi connectivity index (χ0v) is 14.8. The average molecular weight is 371 g/mol. The number of carbonyl (C=O) groups is 2. The van der Waals surface area contributed by atoms with Crippen LogP contribution in [0.5, 0.6) is 0 Å². The van der Waals surface area contributed by atoms with Crippen LogP contribution in [-0.2, 0) is 11.3 Å². The third-order valence-electron chi connectivity index (χ3n) is 3.27. The molecule has 122 valence electrons. The third-order valence-corrected chi connectivity index (χ3v) is 4.81. The average Bonchev–Trinajstić information content (AvgIpc) is 3.06. The molecule has 0 atom stereocenters. The molecule has 0 saturated heterocycles. The first-order valence-corrected chi connectivity index (χ1v) is 8.66. The highest BCUT2D eigenvalue weighted by atomic mass is 35.5. The summed E-state index contributed by atoms with van der Waals surface area (Å²) >= 11 is 13.5. The van der Waals surface area contributed by atoms with Gasteiger partial charge in [0, 0.05) is 37.5 Å². The van der Waals surface area contributed by atoms with Gasteiger partial charge in [-0.3, -0.25) is 9.59 Å². The molecule has 4 nitrogen and oxygen atoms in total.